The van der Waals surface area contributed by atoms with E-state index in [1.54, 1.807) is 36.4 Å². The molecular weight excluding hydrogens is 392 g/mol. The van der Waals surface area contributed by atoms with Crippen LogP contribution in [0.2, 0.25) is 0 Å². The Morgan fingerprint density at radius 1 is 1.04 bits per heavy atom. The van der Waals surface area contributed by atoms with Gasteiger partial charge in [-0.2, -0.15) is 0 Å². The summed E-state index contributed by atoms with van der Waals surface area (Å²) in [6.07, 6.45) is -2.56. The second-order valence-electron chi connectivity index (χ2n) is 5.74. The number of nitrogens with one attached hydrogen (secondary N) is 3. The molecule has 2 aromatic carbocycles. The van der Waals surface area contributed by atoms with Crippen molar-refractivity contribution in [1.29, 1.82) is 0 Å². The molecule has 0 radical (unpaired) electrons. The van der Waals surface area contributed by atoms with Crippen molar-refractivity contribution in [2.24, 2.45) is 0 Å². The van der Waals surface area contributed by atoms with E-state index in [2.05, 4.69) is 15.4 Å². The van der Waals surface area contributed by atoms with Crippen LogP contribution in [0.5, 0.6) is 5.75 Å². The lowest BCUT2D eigenvalue weighted by molar-refractivity contribution is 0.0818. The number of hydrogen-bond acceptors (Lipinski definition) is 4. The van der Waals surface area contributed by atoms with Gasteiger partial charge in [0.2, 0.25) is 10.0 Å². The normalized spacial score (nSPS) is 11.3. The van der Waals surface area contributed by atoms with E-state index in [9.17, 15) is 22.0 Å². The Bertz CT molecular complexity index is 907. The van der Waals surface area contributed by atoms with Gasteiger partial charge in [-0.25, -0.2) is 26.7 Å². The van der Waals surface area contributed by atoms with Crippen LogP contribution in [0.4, 0.5) is 13.6 Å². The summed E-state index contributed by atoms with van der Waals surface area (Å²) in [5.74, 6) is 0.294. The molecular formula is C18H21F2N3O4S. The first-order valence-corrected chi connectivity index (χ1v) is 9.82. The Balaban J connectivity index is 1.85. The van der Waals surface area contributed by atoms with E-state index in [4.69, 9.17) is 4.74 Å². The summed E-state index contributed by atoms with van der Waals surface area (Å²) < 4.78 is 55.1. The third kappa shape index (κ3) is 6.78. The van der Waals surface area contributed by atoms with E-state index in [1.807, 2.05) is 0 Å². The van der Waals surface area contributed by atoms with Gasteiger partial charge < -0.3 is 15.4 Å². The van der Waals surface area contributed by atoms with Crippen molar-refractivity contribution in [3.8, 4) is 5.75 Å². The molecule has 7 nitrogen and oxygen atoms in total. The molecule has 2 rings (SSSR count). The molecule has 0 fully saturated rings. The average Bonchev–Trinajstić information content (AvgIpc) is 2.69. The largest absolute Gasteiger partial charge is 0.488 e. The van der Waals surface area contributed by atoms with Gasteiger partial charge in [0.15, 0.2) is 0 Å². The number of benzene rings is 2. The zero-order valence-corrected chi connectivity index (χ0v) is 15.9. The van der Waals surface area contributed by atoms with Gasteiger partial charge in [-0.1, -0.05) is 24.3 Å². The number of hydrogen-bond donors (Lipinski definition) is 3. The van der Waals surface area contributed by atoms with E-state index in [1.165, 1.54) is 19.2 Å². The number of rotatable bonds is 9. The molecule has 0 saturated carbocycles. The van der Waals surface area contributed by atoms with Gasteiger partial charge in [0.25, 0.3) is 6.43 Å². The Kier molecular flexibility index (Phi) is 7.70. The van der Waals surface area contributed by atoms with Crippen LogP contribution in [-0.4, -0.2) is 34.5 Å². The highest BCUT2D eigenvalue weighted by Gasteiger charge is 2.11. The fourth-order valence-corrected chi connectivity index (χ4v) is 3.07. The van der Waals surface area contributed by atoms with E-state index in [-0.39, 0.29) is 18.0 Å². The van der Waals surface area contributed by atoms with Crippen LogP contribution < -0.4 is 20.1 Å². The third-order valence-corrected chi connectivity index (χ3v) is 5.07. The maximum Gasteiger partial charge on any atom is 0.315 e. The van der Waals surface area contributed by atoms with Crippen molar-refractivity contribution in [1.82, 2.24) is 15.4 Å². The minimum absolute atomic E-state index is 0.107. The van der Waals surface area contributed by atoms with E-state index in [0.717, 1.165) is 0 Å². The Labute approximate surface area is 162 Å². The number of sulfonamides is 1. The SMILES string of the molecule is CNS(=O)(=O)c1cccc(CNC(=O)NCc2cccc(OCC(F)F)c2)c1. The summed E-state index contributed by atoms with van der Waals surface area (Å²) in [6, 6.07) is 12.2. The molecule has 0 aliphatic heterocycles. The zero-order chi connectivity index (χ0) is 20.6. The minimum atomic E-state index is -3.56. The summed E-state index contributed by atoms with van der Waals surface area (Å²) in [4.78, 5) is 12.1. The van der Waals surface area contributed by atoms with Crippen LogP contribution in [-0.2, 0) is 23.1 Å². The molecule has 0 bridgehead atoms. The quantitative estimate of drug-likeness (QED) is 0.587. The van der Waals surface area contributed by atoms with Gasteiger partial charge in [-0.15, -0.1) is 0 Å². The van der Waals surface area contributed by atoms with Gasteiger partial charge in [0.05, 0.1) is 4.90 Å². The van der Waals surface area contributed by atoms with Crippen molar-refractivity contribution < 1.29 is 26.7 Å². The van der Waals surface area contributed by atoms with E-state index >= 15 is 0 Å². The lowest BCUT2D eigenvalue weighted by atomic mass is 10.2. The Hall–Kier alpha value is -2.72. The number of halogens is 2. The van der Waals surface area contributed by atoms with Crippen LogP contribution in [0.1, 0.15) is 11.1 Å². The molecule has 2 aromatic rings. The molecule has 28 heavy (non-hydrogen) atoms. The topological polar surface area (TPSA) is 96.5 Å². The second-order valence-corrected chi connectivity index (χ2v) is 7.63. The highest BCUT2D eigenvalue weighted by Crippen LogP contribution is 2.14. The molecule has 0 heterocycles. The summed E-state index contributed by atoms with van der Waals surface area (Å²) >= 11 is 0. The van der Waals surface area contributed by atoms with Gasteiger partial charge in [0, 0.05) is 13.1 Å². The van der Waals surface area contributed by atoms with E-state index in [0.29, 0.717) is 16.9 Å². The number of carbonyl (C=O) groups is 1. The summed E-state index contributed by atoms with van der Waals surface area (Å²) in [6.45, 7) is -0.387. The number of ether oxygens (including phenoxy) is 1. The number of alkyl halides is 2. The molecule has 152 valence electrons. The minimum Gasteiger partial charge on any atom is -0.488 e. The summed E-state index contributed by atoms with van der Waals surface area (Å²) in [7, 11) is -2.24. The molecule has 0 aliphatic rings. The molecule has 3 N–H and O–H groups in total. The standard InChI is InChI=1S/C18H21F2N3O4S/c1-21-28(25,26)16-7-3-5-14(9-16)11-23-18(24)22-10-13-4-2-6-15(8-13)27-12-17(19)20/h2-9,17,21H,10-12H2,1H3,(H2,22,23,24). The number of amides is 2. The van der Waals surface area contributed by atoms with Gasteiger partial charge >= 0.3 is 6.03 Å². The first-order chi connectivity index (χ1) is 13.3. The number of carbonyl (C=O) groups excluding carboxylic acids is 1. The molecule has 0 aliphatic carbocycles. The number of urea groups is 1. The van der Waals surface area contributed by atoms with E-state index < -0.39 is 29.1 Å². The fourth-order valence-electron chi connectivity index (χ4n) is 2.27. The smallest absolute Gasteiger partial charge is 0.315 e. The van der Waals surface area contributed by atoms with Crippen LogP contribution in [0.15, 0.2) is 53.4 Å². The molecule has 2 amide bonds. The second kappa shape index (κ2) is 10.00. The first-order valence-electron chi connectivity index (χ1n) is 8.34. The zero-order valence-electron chi connectivity index (χ0n) is 15.1. The third-order valence-electron chi connectivity index (χ3n) is 3.66. The van der Waals surface area contributed by atoms with Crippen molar-refractivity contribution in [3.63, 3.8) is 0 Å². The molecule has 0 atom stereocenters. The highest BCUT2D eigenvalue weighted by atomic mass is 32.2. The van der Waals surface area contributed by atoms with Gasteiger partial charge in [-0.05, 0) is 42.4 Å². The van der Waals surface area contributed by atoms with Crippen LogP contribution in [0, 0.1) is 0 Å². The van der Waals surface area contributed by atoms with Crippen LogP contribution >= 0.6 is 0 Å². The Morgan fingerprint density at radius 3 is 2.25 bits per heavy atom. The molecule has 10 heteroatoms. The average molecular weight is 413 g/mol. The maximum absolute atomic E-state index is 12.2. The predicted molar refractivity (Wildman–Crippen MR) is 99.7 cm³/mol. The Morgan fingerprint density at radius 2 is 1.64 bits per heavy atom. The van der Waals surface area contributed by atoms with Gasteiger partial charge in [-0.3, -0.25) is 0 Å². The predicted octanol–water partition coefficient (Wildman–Crippen LogP) is 2.24. The van der Waals surface area contributed by atoms with Crippen molar-refractivity contribution in [2.45, 2.75) is 24.4 Å². The van der Waals surface area contributed by atoms with Gasteiger partial charge in [0.1, 0.15) is 12.4 Å². The highest BCUT2D eigenvalue weighted by molar-refractivity contribution is 7.89. The molecule has 0 unspecified atom stereocenters. The molecule has 0 saturated heterocycles. The fraction of sp³-hybridized carbons (Fsp3) is 0.278. The van der Waals surface area contributed by atoms with Crippen molar-refractivity contribution in [3.05, 3.63) is 59.7 Å². The first kappa shape index (κ1) is 21.6. The lowest BCUT2D eigenvalue weighted by Gasteiger charge is -2.10. The monoisotopic (exact) mass is 413 g/mol. The molecule has 0 spiro atoms. The lowest BCUT2D eigenvalue weighted by Crippen LogP contribution is -2.34. The summed E-state index contributed by atoms with van der Waals surface area (Å²) in [5, 5.41) is 5.26. The van der Waals surface area contributed by atoms with Crippen LogP contribution in [0.25, 0.3) is 0 Å². The maximum atomic E-state index is 12.2. The molecule has 0 aromatic heterocycles. The van der Waals surface area contributed by atoms with Crippen LogP contribution in [0.3, 0.4) is 0 Å². The van der Waals surface area contributed by atoms with Crippen molar-refractivity contribution in [2.75, 3.05) is 13.7 Å². The van der Waals surface area contributed by atoms with Crippen molar-refractivity contribution >= 4 is 16.1 Å². The summed E-state index contributed by atoms with van der Waals surface area (Å²) in [5.41, 5.74) is 1.30.